The van der Waals surface area contributed by atoms with E-state index in [1.54, 1.807) is 0 Å². The van der Waals surface area contributed by atoms with Crippen LogP contribution >= 0.6 is 0 Å². The van der Waals surface area contributed by atoms with Gasteiger partial charge in [0, 0.05) is 19.3 Å². The molecule has 0 saturated heterocycles. The van der Waals surface area contributed by atoms with Gasteiger partial charge in [0.2, 0.25) is 0 Å². The van der Waals surface area contributed by atoms with Crippen molar-refractivity contribution in [3.63, 3.8) is 0 Å². The van der Waals surface area contributed by atoms with Crippen LogP contribution in [0, 0.1) is 0 Å². The van der Waals surface area contributed by atoms with Gasteiger partial charge < -0.3 is 14.2 Å². The summed E-state index contributed by atoms with van der Waals surface area (Å²) < 4.78 is 16.8. The highest BCUT2D eigenvalue weighted by Gasteiger charge is 2.19. The molecule has 0 aromatic heterocycles. The fourth-order valence-electron chi connectivity index (χ4n) is 8.03. The molecule has 0 spiro atoms. The van der Waals surface area contributed by atoms with E-state index in [0.29, 0.717) is 12.8 Å². The Morgan fingerprint density at radius 1 is 0.241 bits per heavy atom. The van der Waals surface area contributed by atoms with Gasteiger partial charge in [-0.25, -0.2) is 0 Å². The minimum Gasteiger partial charge on any atom is -0.462 e. The molecule has 1 unspecified atom stereocenters. The lowest BCUT2D eigenvalue weighted by Gasteiger charge is -2.18. The highest BCUT2D eigenvalue weighted by atomic mass is 16.6. The highest BCUT2D eigenvalue weighted by molar-refractivity contribution is 5.71. The summed E-state index contributed by atoms with van der Waals surface area (Å²) in [5, 5.41) is 0. The third-order valence-electron chi connectivity index (χ3n) is 12.8. The first kappa shape index (κ1) is 77.0. The molecule has 0 aliphatic heterocycles. The summed E-state index contributed by atoms with van der Waals surface area (Å²) in [5.41, 5.74) is 0. The van der Waals surface area contributed by atoms with Crippen molar-refractivity contribution in [3.05, 3.63) is 207 Å². The number of hydrogen-bond acceptors (Lipinski definition) is 6. The van der Waals surface area contributed by atoms with E-state index in [2.05, 4.69) is 215 Å². The minimum atomic E-state index is -0.839. The lowest BCUT2D eigenvalue weighted by molar-refractivity contribution is -0.166. The number of hydrogen-bond donors (Lipinski definition) is 0. The number of esters is 3. The minimum absolute atomic E-state index is 0.129. The Morgan fingerprint density at radius 3 is 0.747 bits per heavy atom. The Labute approximate surface area is 509 Å². The van der Waals surface area contributed by atoms with Crippen molar-refractivity contribution in [1.29, 1.82) is 0 Å². The molecular formula is C77H116O6. The van der Waals surface area contributed by atoms with Crippen molar-refractivity contribution >= 4 is 17.9 Å². The normalized spacial score (nSPS) is 13.5. The van der Waals surface area contributed by atoms with Gasteiger partial charge in [-0.1, -0.05) is 272 Å². The largest absolute Gasteiger partial charge is 0.462 e. The second-order valence-electron chi connectivity index (χ2n) is 20.5. The van der Waals surface area contributed by atoms with Gasteiger partial charge in [0.15, 0.2) is 6.10 Å². The number of ether oxygens (including phenoxy) is 3. The number of carbonyl (C=O) groups excluding carboxylic acids is 3. The van der Waals surface area contributed by atoms with Crippen LogP contribution in [0.4, 0.5) is 0 Å². The van der Waals surface area contributed by atoms with Crippen molar-refractivity contribution in [2.24, 2.45) is 0 Å². The maximum atomic E-state index is 12.9. The van der Waals surface area contributed by atoms with Crippen LogP contribution in [-0.2, 0) is 28.6 Å². The molecule has 0 amide bonds. The van der Waals surface area contributed by atoms with E-state index in [0.717, 1.165) is 186 Å². The van der Waals surface area contributed by atoms with Crippen LogP contribution in [0.5, 0.6) is 0 Å². The molecule has 6 heteroatoms. The van der Waals surface area contributed by atoms with Crippen molar-refractivity contribution in [2.75, 3.05) is 13.2 Å². The Kier molecular flexibility index (Phi) is 63.5. The molecule has 460 valence electrons. The number of carbonyl (C=O) groups is 3. The lowest BCUT2D eigenvalue weighted by Crippen LogP contribution is -2.30. The van der Waals surface area contributed by atoms with Crippen LogP contribution < -0.4 is 0 Å². The molecule has 0 N–H and O–H groups in total. The van der Waals surface area contributed by atoms with Gasteiger partial charge in [0.25, 0.3) is 0 Å². The zero-order valence-electron chi connectivity index (χ0n) is 52.6. The average molecular weight is 1140 g/mol. The van der Waals surface area contributed by atoms with E-state index in [-0.39, 0.29) is 44.0 Å². The summed E-state index contributed by atoms with van der Waals surface area (Å²) in [7, 11) is 0. The maximum Gasteiger partial charge on any atom is 0.306 e. The van der Waals surface area contributed by atoms with Crippen LogP contribution in [0.3, 0.4) is 0 Å². The Bertz CT molecular complexity index is 2030. The standard InChI is InChI=1S/C77H116O6/c1-4-7-10-13-16-19-22-25-27-29-31-33-35-37-38-40-41-43-45-47-49-52-55-58-61-64-67-70-76(79)82-73-74(72-81-75(78)69-66-63-60-57-54-51-24-21-18-15-12-9-6-3)83-77(80)71-68-65-62-59-56-53-50-48-46-44-42-39-36-34-32-30-28-26-23-20-17-14-11-8-5-2/h7-12,16-21,25-28,31-34,37-39,41-43,46-49,51,54,60,63,74H,4-6,13-15,22-24,29-30,35-36,40,44-45,50,52-53,55-59,61-62,64-73H2,1-3H3/b10-7-,11-8-,12-9-,19-16-,20-17-,21-18-,27-25-,28-26-,33-31-,34-32-,38-37-,42-39-,43-41-,48-46-,49-47-,54-51-,63-60-. The molecule has 1 atom stereocenters. The topological polar surface area (TPSA) is 78.9 Å². The Balaban J connectivity index is 4.50. The zero-order chi connectivity index (χ0) is 59.9. The Morgan fingerprint density at radius 2 is 0.458 bits per heavy atom. The quantitative estimate of drug-likeness (QED) is 0.0261. The second kappa shape index (κ2) is 68.5. The van der Waals surface area contributed by atoms with Crippen LogP contribution in [0.2, 0.25) is 0 Å². The summed E-state index contributed by atoms with van der Waals surface area (Å²) in [6, 6.07) is 0. The Hall–Kier alpha value is -6.01. The predicted molar refractivity (Wildman–Crippen MR) is 361 cm³/mol. The van der Waals surface area contributed by atoms with E-state index in [1.807, 2.05) is 12.2 Å². The first-order valence-electron chi connectivity index (χ1n) is 32.6. The zero-order valence-corrected chi connectivity index (χ0v) is 52.6. The van der Waals surface area contributed by atoms with Crippen LogP contribution in [0.15, 0.2) is 207 Å². The summed E-state index contributed by atoms with van der Waals surface area (Å²) in [6.45, 7) is 6.18. The van der Waals surface area contributed by atoms with E-state index in [1.165, 1.54) is 6.42 Å². The van der Waals surface area contributed by atoms with Gasteiger partial charge >= 0.3 is 17.9 Å². The summed E-state index contributed by atoms with van der Waals surface area (Å²) in [5.74, 6) is -1.06. The molecular weight excluding hydrogens is 1020 g/mol. The lowest BCUT2D eigenvalue weighted by atomic mass is 10.1. The number of unbranched alkanes of at least 4 members (excludes halogenated alkanes) is 11. The van der Waals surface area contributed by atoms with Gasteiger partial charge in [-0.15, -0.1) is 0 Å². The summed E-state index contributed by atoms with van der Waals surface area (Å²) in [4.78, 5) is 38.3. The molecule has 0 fully saturated rings. The maximum absolute atomic E-state index is 12.9. The van der Waals surface area contributed by atoms with E-state index in [9.17, 15) is 14.4 Å². The van der Waals surface area contributed by atoms with Crippen molar-refractivity contribution in [2.45, 2.75) is 245 Å². The van der Waals surface area contributed by atoms with Gasteiger partial charge in [-0.05, 0) is 154 Å². The summed E-state index contributed by atoms with van der Waals surface area (Å²) in [6.07, 6.45) is 106. The van der Waals surface area contributed by atoms with Gasteiger partial charge in [-0.3, -0.25) is 14.4 Å². The van der Waals surface area contributed by atoms with Crippen molar-refractivity contribution in [3.8, 4) is 0 Å². The van der Waals surface area contributed by atoms with Crippen LogP contribution in [-0.4, -0.2) is 37.2 Å². The molecule has 83 heavy (non-hydrogen) atoms. The monoisotopic (exact) mass is 1140 g/mol. The van der Waals surface area contributed by atoms with Crippen LogP contribution in [0.1, 0.15) is 239 Å². The smallest absolute Gasteiger partial charge is 0.306 e. The van der Waals surface area contributed by atoms with Crippen LogP contribution in [0.25, 0.3) is 0 Å². The van der Waals surface area contributed by atoms with Crippen molar-refractivity contribution < 1.29 is 28.6 Å². The molecule has 0 radical (unpaired) electrons. The molecule has 0 aliphatic rings. The first-order valence-corrected chi connectivity index (χ1v) is 32.6. The fourth-order valence-corrected chi connectivity index (χ4v) is 8.03. The molecule has 6 nitrogen and oxygen atoms in total. The van der Waals surface area contributed by atoms with E-state index in [4.69, 9.17) is 14.2 Å². The average Bonchev–Trinajstić information content (AvgIpc) is 3.49. The third kappa shape index (κ3) is 66.7. The van der Waals surface area contributed by atoms with Crippen molar-refractivity contribution in [1.82, 2.24) is 0 Å². The molecule has 0 bridgehead atoms. The molecule has 0 heterocycles. The van der Waals surface area contributed by atoms with E-state index >= 15 is 0 Å². The third-order valence-corrected chi connectivity index (χ3v) is 12.8. The first-order chi connectivity index (χ1) is 41.0. The SMILES string of the molecule is CC/C=C\C/C=C\C/C=C\C/C=C\C/C=C\C/C=C\C/C=C\CCCCCCCC(=O)OCC(COC(=O)CC/C=C\C/C=C\C/C=C\C/C=C\CC)OC(=O)CCCCCCCC/C=C\C/C=C\C/C=C\C/C=C\C/C=C\C/C=C\CC. The van der Waals surface area contributed by atoms with Gasteiger partial charge in [-0.2, -0.15) is 0 Å². The molecule has 0 aromatic rings. The number of allylic oxidation sites excluding steroid dienone is 34. The highest BCUT2D eigenvalue weighted by Crippen LogP contribution is 2.13. The van der Waals surface area contributed by atoms with Gasteiger partial charge in [0.1, 0.15) is 13.2 Å². The summed E-state index contributed by atoms with van der Waals surface area (Å²) >= 11 is 0. The van der Waals surface area contributed by atoms with Gasteiger partial charge in [0.05, 0.1) is 0 Å². The molecule has 0 aromatic carbocycles. The second-order valence-corrected chi connectivity index (χ2v) is 20.5. The molecule has 0 saturated carbocycles. The molecule has 0 rings (SSSR count). The predicted octanol–water partition coefficient (Wildman–Crippen LogP) is 22.8. The molecule has 0 aliphatic carbocycles. The number of rotatable bonds is 56. The fraction of sp³-hybridized carbons (Fsp3) is 0.519. The van der Waals surface area contributed by atoms with E-state index < -0.39 is 6.10 Å².